The van der Waals surface area contributed by atoms with Crippen LogP contribution in [0.2, 0.25) is 10.0 Å². The van der Waals surface area contributed by atoms with Crippen molar-refractivity contribution in [2.75, 3.05) is 0 Å². The monoisotopic (exact) mass is 482 g/mol. The topological polar surface area (TPSA) is 123 Å². The number of carbonyl (C=O) groups excluding carboxylic acids is 2. The number of ether oxygens (including phenoxy) is 1. The number of hydrogen-bond donors (Lipinski definition) is 3. The van der Waals surface area contributed by atoms with Gasteiger partial charge in [0.1, 0.15) is 5.75 Å². The number of nitrogens with zero attached hydrogens (tertiary/aromatic N) is 1. The predicted molar refractivity (Wildman–Crippen MR) is 121 cm³/mol. The van der Waals surface area contributed by atoms with Crippen LogP contribution in [-0.4, -0.2) is 28.0 Å². The van der Waals surface area contributed by atoms with Crippen LogP contribution in [0.25, 0.3) is 6.08 Å². The Morgan fingerprint density at radius 3 is 2.45 bits per heavy atom. The third kappa shape index (κ3) is 7.85. The number of non-ortho nitro benzene ring substituents is 1. The van der Waals surface area contributed by atoms with Crippen LogP contribution in [0.3, 0.4) is 0 Å². The van der Waals surface area contributed by atoms with Gasteiger partial charge in [0.05, 0.1) is 9.95 Å². The summed E-state index contributed by atoms with van der Waals surface area (Å²) >= 11 is 16.7. The molecule has 1 atom stereocenters. The number of rotatable bonds is 6. The highest BCUT2D eigenvalue weighted by Crippen LogP contribution is 2.28. The van der Waals surface area contributed by atoms with Gasteiger partial charge in [-0.2, -0.15) is 0 Å². The minimum absolute atomic E-state index is 0.0562. The molecule has 2 aromatic carbocycles. The van der Waals surface area contributed by atoms with E-state index in [2.05, 4.69) is 16.2 Å². The summed E-state index contributed by atoms with van der Waals surface area (Å²) in [6, 6.07) is 10.2. The Morgan fingerprint density at radius 2 is 1.84 bits per heavy atom. The molecule has 0 radical (unpaired) electrons. The van der Waals surface area contributed by atoms with Gasteiger partial charge in [0.15, 0.2) is 11.2 Å². The molecule has 1 unspecified atom stereocenters. The Balaban J connectivity index is 1.78. The number of amides is 2. The third-order valence-electron chi connectivity index (χ3n) is 3.63. The first-order valence-electron chi connectivity index (χ1n) is 8.61. The van der Waals surface area contributed by atoms with Crippen LogP contribution in [0.15, 0.2) is 48.5 Å². The van der Waals surface area contributed by atoms with Gasteiger partial charge in [0.25, 0.3) is 11.6 Å². The number of nitro benzene ring substituents is 1. The molecule has 3 N–H and O–H groups in total. The first-order chi connectivity index (χ1) is 14.7. The molecule has 0 saturated heterocycles. The van der Waals surface area contributed by atoms with Crippen molar-refractivity contribution in [3.8, 4) is 5.75 Å². The molecule has 0 aliphatic rings. The lowest BCUT2D eigenvalue weighted by molar-refractivity contribution is -0.384. The van der Waals surface area contributed by atoms with Crippen molar-refractivity contribution in [1.29, 1.82) is 0 Å². The normalized spacial score (nSPS) is 11.5. The van der Waals surface area contributed by atoms with Crippen molar-refractivity contribution in [3.63, 3.8) is 0 Å². The van der Waals surface area contributed by atoms with Crippen molar-refractivity contribution in [2.45, 2.75) is 13.0 Å². The average molecular weight is 483 g/mol. The molecule has 2 rings (SSSR count). The van der Waals surface area contributed by atoms with Crippen LogP contribution in [0, 0.1) is 10.1 Å². The Bertz CT molecular complexity index is 1030. The molecule has 31 heavy (non-hydrogen) atoms. The van der Waals surface area contributed by atoms with Crippen LogP contribution in [0.5, 0.6) is 5.75 Å². The van der Waals surface area contributed by atoms with Crippen molar-refractivity contribution in [3.05, 3.63) is 74.3 Å². The van der Waals surface area contributed by atoms with E-state index in [0.29, 0.717) is 10.6 Å². The Labute approximate surface area is 192 Å². The van der Waals surface area contributed by atoms with Gasteiger partial charge < -0.3 is 4.74 Å². The molecule has 0 spiro atoms. The van der Waals surface area contributed by atoms with Crippen molar-refractivity contribution in [2.24, 2.45) is 0 Å². The molecular weight excluding hydrogens is 467 g/mol. The summed E-state index contributed by atoms with van der Waals surface area (Å²) in [5, 5.41) is 13.5. The fraction of sp³-hybridized carbons (Fsp3) is 0.105. The highest BCUT2D eigenvalue weighted by atomic mass is 35.5. The number of benzene rings is 2. The predicted octanol–water partition coefficient (Wildman–Crippen LogP) is 3.40. The SMILES string of the molecule is CC(Oc1ccc(Cl)cc1Cl)C(=O)NNC(=S)NC(=O)/C=C/c1ccc([N+](=O)[O-])cc1. The van der Waals surface area contributed by atoms with Gasteiger partial charge in [-0.3, -0.25) is 35.9 Å². The molecule has 0 aromatic heterocycles. The number of hydrogen-bond acceptors (Lipinski definition) is 6. The molecule has 0 heterocycles. The standard InChI is InChI=1S/C19H16Cl2N4O5S/c1-11(30-16-8-5-13(20)10-15(16)21)18(27)23-24-19(31)22-17(26)9-4-12-2-6-14(7-3-12)25(28)29/h2-11H,1H3,(H,23,27)(H2,22,24,26,31)/b9-4+. The van der Waals surface area contributed by atoms with E-state index >= 15 is 0 Å². The highest BCUT2D eigenvalue weighted by molar-refractivity contribution is 7.80. The molecule has 0 bridgehead atoms. The second-order valence-electron chi connectivity index (χ2n) is 5.95. The third-order valence-corrected chi connectivity index (χ3v) is 4.37. The Kier molecular flexibility index (Phi) is 8.74. The van der Waals surface area contributed by atoms with E-state index in [1.54, 1.807) is 6.07 Å². The number of thiocarbonyl (C=S) groups is 1. The second kappa shape index (κ2) is 11.3. The summed E-state index contributed by atoms with van der Waals surface area (Å²) in [6.45, 7) is 1.50. The van der Waals surface area contributed by atoms with Crippen LogP contribution >= 0.6 is 35.4 Å². The molecule has 0 fully saturated rings. The Hall–Kier alpha value is -3.21. The summed E-state index contributed by atoms with van der Waals surface area (Å²) in [5.74, 6) is -0.854. The summed E-state index contributed by atoms with van der Waals surface area (Å²) in [4.78, 5) is 34.1. The van der Waals surface area contributed by atoms with Gasteiger partial charge in [0, 0.05) is 23.2 Å². The van der Waals surface area contributed by atoms with Crippen LogP contribution in [0.4, 0.5) is 5.69 Å². The van der Waals surface area contributed by atoms with Gasteiger partial charge in [0.2, 0.25) is 5.91 Å². The van der Waals surface area contributed by atoms with E-state index in [4.69, 9.17) is 40.2 Å². The summed E-state index contributed by atoms with van der Waals surface area (Å²) in [7, 11) is 0. The van der Waals surface area contributed by atoms with Crippen LogP contribution in [-0.2, 0) is 9.59 Å². The number of halogens is 2. The molecule has 0 saturated carbocycles. The zero-order valence-corrected chi connectivity index (χ0v) is 18.3. The van der Waals surface area contributed by atoms with E-state index in [-0.39, 0.29) is 21.6 Å². The van der Waals surface area contributed by atoms with Crippen LogP contribution < -0.4 is 20.9 Å². The van der Waals surface area contributed by atoms with E-state index in [1.165, 1.54) is 55.5 Å². The smallest absolute Gasteiger partial charge is 0.279 e. The molecule has 2 aromatic rings. The fourth-order valence-electron chi connectivity index (χ4n) is 2.10. The number of hydrazine groups is 1. The van der Waals surface area contributed by atoms with Crippen molar-refractivity contribution < 1.29 is 19.2 Å². The zero-order chi connectivity index (χ0) is 23.0. The lowest BCUT2D eigenvalue weighted by atomic mass is 10.2. The van der Waals surface area contributed by atoms with Gasteiger partial charge in [-0.05, 0) is 61.1 Å². The largest absolute Gasteiger partial charge is 0.479 e. The van der Waals surface area contributed by atoms with E-state index in [9.17, 15) is 19.7 Å². The summed E-state index contributed by atoms with van der Waals surface area (Å²) < 4.78 is 5.46. The first kappa shape index (κ1) is 24.1. The molecule has 162 valence electrons. The number of nitrogens with one attached hydrogen (secondary N) is 3. The molecule has 2 amide bonds. The molecule has 12 heteroatoms. The lowest BCUT2D eigenvalue weighted by Gasteiger charge is -2.16. The molecular formula is C19H16Cl2N4O5S. The quantitative estimate of drug-likeness (QED) is 0.249. The lowest BCUT2D eigenvalue weighted by Crippen LogP contribution is -2.51. The van der Waals surface area contributed by atoms with Gasteiger partial charge in [-0.15, -0.1) is 0 Å². The van der Waals surface area contributed by atoms with Gasteiger partial charge in [-0.25, -0.2) is 0 Å². The van der Waals surface area contributed by atoms with E-state index in [1.807, 2.05) is 0 Å². The summed E-state index contributed by atoms with van der Waals surface area (Å²) in [5.41, 5.74) is 5.21. The van der Waals surface area contributed by atoms with E-state index < -0.39 is 22.8 Å². The zero-order valence-electron chi connectivity index (χ0n) is 15.9. The maximum Gasteiger partial charge on any atom is 0.279 e. The average Bonchev–Trinajstić information content (AvgIpc) is 2.72. The Morgan fingerprint density at radius 1 is 1.16 bits per heavy atom. The molecule has 9 nitrogen and oxygen atoms in total. The number of carbonyl (C=O) groups is 2. The number of nitro groups is 1. The van der Waals surface area contributed by atoms with Crippen molar-refractivity contribution >= 4 is 64.1 Å². The second-order valence-corrected chi connectivity index (χ2v) is 7.20. The van der Waals surface area contributed by atoms with Crippen LogP contribution in [0.1, 0.15) is 12.5 Å². The highest BCUT2D eigenvalue weighted by Gasteiger charge is 2.16. The fourth-order valence-corrected chi connectivity index (χ4v) is 2.70. The minimum atomic E-state index is -0.924. The summed E-state index contributed by atoms with van der Waals surface area (Å²) in [6.07, 6.45) is 1.71. The van der Waals surface area contributed by atoms with Gasteiger partial charge >= 0.3 is 0 Å². The first-order valence-corrected chi connectivity index (χ1v) is 9.77. The van der Waals surface area contributed by atoms with Crippen molar-refractivity contribution in [1.82, 2.24) is 16.2 Å². The van der Waals surface area contributed by atoms with E-state index in [0.717, 1.165) is 0 Å². The maximum atomic E-state index is 12.1. The molecule has 0 aliphatic carbocycles. The minimum Gasteiger partial charge on any atom is -0.479 e. The molecule has 0 aliphatic heterocycles. The maximum absolute atomic E-state index is 12.1. The van der Waals surface area contributed by atoms with Gasteiger partial charge in [-0.1, -0.05) is 23.2 Å².